The van der Waals surface area contributed by atoms with E-state index in [1.165, 1.54) is 0 Å². The number of carboxylic acids is 1. The van der Waals surface area contributed by atoms with E-state index in [2.05, 4.69) is 39.5 Å². The molecule has 1 saturated carbocycles. The number of aliphatic carboxylic acids is 1. The largest absolute Gasteiger partial charge is 0.481 e. The standard InChI is InChI=1S/C17H31NO3/c1-11-9-18(10-12(2)21-11)15-8-13(17(3,4)5)6-7-14(15)16(19)20/h11-15H,6-10H2,1-5H3,(H,19,20). The maximum Gasteiger partial charge on any atom is 0.308 e. The molecule has 0 aromatic rings. The molecule has 0 aromatic heterocycles. The molecule has 2 rings (SSSR count). The van der Waals surface area contributed by atoms with Gasteiger partial charge in [0.25, 0.3) is 0 Å². The summed E-state index contributed by atoms with van der Waals surface area (Å²) in [5.41, 5.74) is 0.255. The van der Waals surface area contributed by atoms with Gasteiger partial charge in [-0.3, -0.25) is 9.69 Å². The number of hydrogen-bond donors (Lipinski definition) is 1. The summed E-state index contributed by atoms with van der Waals surface area (Å²) in [5.74, 6) is -0.244. The summed E-state index contributed by atoms with van der Waals surface area (Å²) in [5, 5.41) is 9.60. The minimum atomic E-state index is -0.626. The van der Waals surface area contributed by atoms with Crippen molar-refractivity contribution in [3.05, 3.63) is 0 Å². The van der Waals surface area contributed by atoms with Crippen molar-refractivity contribution >= 4 is 5.97 Å². The van der Waals surface area contributed by atoms with Gasteiger partial charge in [0.1, 0.15) is 0 Å². The number of carboxylic acid groups (broad SMARTS) is 1. The first-order valence-electron chi connectivity index (χ1n) is 8.30. The van der Waals surface area contributed by atoms with E-state index in [1.807, 2.05) is 0 Å². The highest BCUT2D eigenvalue weighted by molar-refractivity contribution is 5.71. The summed E-state index contributed by atoms with van der Waals surface area (Å²) >= 11 is 0. The van der Waals surface area contributed by atoms with Crippen molar-refractivity contribution in [2.24, 2.45) is 17.3 Å². The van der Waals surface area contributed by atoms with Crippen LogP contribution in [0.15, 0.2) is 0 Å². The van der Waals surface area contributed by atoms with Gasteiger partial charge in [-0.15, -0.1) is 0 Å². The molecule has 2 aliphatic rings. The first-order chi connectivity index (χ1) is 9.68. The van der Waals surface area contributed by atoms with Crippen LogP contribution in [0.2, 0.25) is 0 Å². The van der Waals surface area contributed by atoms with Gasteiger partial charge in [-0.2, -0.15) is 0 Å². The Kier molecular flexibility index (Phi) is 4.99. The molecule has 2 fully saturated rings. The van der Waals surface area contributed by atoms with Crippen molar-refractivity contribution in [1.29, 1.82) is 0 Å². The fourth-order valence-corrected chi connectivity index (χ4v) is 4.11. The average Bonchev–Trinajstić information content (AvgIpc) is 2.35. The number of ether oxygens (including phenoxy) is 1. The first-order valence-corrected chi connectivity index (χ1v) is 8.30. The van der Waals surface area contributed by atoms with Gasteiger partial charge in [0, 0.05) is 19.1 Å². The second-order valence-electron chi connectivity index (χ2n) is 8.10. The summed E-state index contributed by atoms with van der Waals surface area (Å²) in [6.45, 7) is 12.7. The molecule has 122 valence electrons. The molecule has 5 atom stereocenters. The van der Waals surface area contributed by atoms with Gasteiger partial charge in [-0.25, -0.2) is 0 Å². The summed E-state index contributed by atoms with van der Waals surface area (Å²) in [4.78, 5) is 14.1. The van der Waals surface area contributed by atoms with Crippen molar-refractivity contribution in [3.63, 3.8) is 0 Å². The van der Waals surface area contributed by atoms with Crippen LogP contribution in [-0.2, 0) is 9.53 Å². The van der Waals surface area contributed by atoms with Gasteiger partial charge in [-0.05, 0) is 44.4 Å². The van der Waals surface area contributed by atoms with Crippen LogP contribution in [0.4, 0.5) is 0 Å². The Balaban J connectivity index is 2.15. The van der Waals surface area contributed by atoms with Gasteiger partial charge in [-0.1, -0.05) is 20.8 Å². The average molecular weight is 297 g/mol. The Hall–Kier alpha value is -0.610. The van der Waals surface area contributed by atoms with E-state index >= 15 is 0 Å². The van der Waals surface area contributed by atoms with Crippen molar-refractivity contribution in [2.45, 2.75) is 72.1 Å². The van der Waals surface area contributed by atoms with Gasteiger partial charge >= 0.3 is 5.97 Å². The van der Waals surface area contributed by atoms with E-state index in [0.717, 1.165) is 32.4 Å². The molecular weight excluding hydrogens is 266 g/mol. The van der Waals surface area contributed by atoms with Crippen LogP contribution in [0.5, 0.6) is 0 Å². The lowest BCUT2D eigenvalue weighted by Gasteiger charge is -2.48. The Labute approximate surface area is 128 Å². The van der Waals surface area contributed by atoms with Crippen LogP contribution < -0.4 is 0 Å². The molecule has 1 saturated heterocycles. The molecule has 0 aromatic carbocycles. The van der Waals surface area contributed by atoms with Crippen LogP contribution in [-0.4, -0.2) is 47.3 Å². The zero-order valence-electron chi connectivity index (χ0n) is 14.1. The smallest absolute Gasteiger partial charge is 0.308 e. The Morgan fingerprint density at radius 2 is 1.71 bits per heavy atom. The lowest BCUT2D eigenvalue weighted by Crippen LogP contribution is -2.55. The van der Waals surface area contributed by atoms with E-state index in [1.54, 1.807) is 0 Å². The zero-order valence-corrected chi connectivity index (χ0v) is 14.1. The molecule has 1 heterocycles. The van der Waals surface area contributed by atoms with Gasteiger partial charge < -0.3 is 9.84 Å². The predicted molar refractivity (Wildman–Crippen MR) is 83.3 cm³/mol. The normalized spacial score (nSPS) is 39.2. The van der Waals surface area contributed by atoms with Gasteiger partial charge in [0.15, 0.2) is 0 Å². The highest BCUT2D eigenvalue weighted by atomic mass is 16.5. The molecule has 4 nitrogen and oxygen atoms in total. The van der Waals surface area contributed by atoms with E-state index in [0.29, 0.717) is 5.92 Å². The number of morpholine rings is 1. The number of nitrogens with zero attached hydrogens (tertiary/aromatic N) is 1. The Morgan fingerprint density at radius 1 is 1.14 bits per heavy atom. The molecule has 1 N–H and O–H groups in total. The summed E-state index contributed by atoms with van der Waals surface area (Å²) in [7, 11) is 0. The molecule has 0 amide bonds. The van der Waals surface area contributed by atoms with Crippen molar-refractivity contribution in [2.75, 3.05) is 13.1 Å². The van der Waals surface area contributed by atoms with E-state index in [9.17, 15) is 9.90 Å². The molecule has 4 heteroatoms. The molecule has 1 aliphatic heterocycles. The molecule has 5 unspecified atom stereocenters. The second kappa shape index (κ2) is 6.25. The van der Waals surface area contributed by atoms with E-state index in [4.69, 9.17) is 4.74 Å². The van der Waals surface area contributed by atoms with Crippen molar-refractivity contribution in [1.82, 2.24) is 4.90 Å². The molecule has 21 heavy (non-hydrogen) atoms. The van der Waals surface area contributed by atoms with Gasteiger partial charge in [0.2, 0.25) is 0 Å². The summed E-state index contributed by atoms with van der Waals surface area (Å²) < 4.78 is 5.81. The lowest BCUT2D eigenvalue weighted by molar-refractivity contribution is -0.151. The van der Waals surface area contributed by atoms with Crippen LogP contribution in [0.25, 0.3) is 0 Å². The molecule has 0 spiro atoms. The molecular formula is C17H31NO3. The van der Waals surface area contributed by atoms with E-state index < -0.39 is 5.97 Å². The highest BCUT2D eigenvalue weighted by Crippen LogP contribution is 2.42. The minimum absolute atomic E-state index is 0.161. The first kappa shape index (κ1) is 16.8. The maximum atomic E-state index is 11.7. The quantitative estimate of drug-likeness (QED) is 0.851. The molecule has 0 radical (unpaired) electrons. The zero-order chi connectivity index (χ0) is 15.8. The van der Waals surface area contributed by atoms with E-state index in [-0.39, 0.29) is 29.6 Å². The predicted octanol–water partition coefficient (Wildman–Crippen LogP) is 3.01. The van der Waals surface area contributed by atoms with Gasteiger partial charge in [0.05, 0.1) is 18.1 Å². The number of hydrogen-bond acceptors (Lipinski definition) is 3. The number of carbonyl (C=O) groups is 1. The maximum absolute atomic E-state index is 11.7. The molecule has 1 aliphatic carbocycles. The summed E-state index contributed by atoms with van der Waals surface area (Å²) in [6.07, 6.45) is 3.23. The molecule has 0 bridgehead atoms. The number of rotatable bonds is 2. The van der Waals surface area contributed by atoms with Crippen LogP contribution in [0.1, 0.15) is 53.9 Å². The minimum Gasteiger partial charge on any atom is -0.481 e. The van der Waals surface area contributed by atoms with Crippen LogP contribution in [0.3, 0.4) is 0 Å². The fourth-order valence-electron chi connectivity index (χ4n) is 4.11. The summed E-state index contributed by atoms with van der Waals surface area (Å²) in [6, 6.07) is 0.161. The SMILES string of the molecule is CC1CN(C2CC(C(C)(C)C)CCC2C(=O)O)CC(C)O1. The highest BCUT2D eigenvalue weighted by Gasteiger charge is 2.43. The lowest BCUT2D eigenvalue weighted by atomic mass is 9.67. The third-order valence-corrected chi connectivity index (χ3v) is 5.28. The third-order valence-electron chi connectivity index (χ3n) is 5.28. The van der Waals surface area contributed by atoms with Crippen molar-refractivity contribution < 1.29 is 14.6 Å². The Bertz CT molecular complexity index is 367. The fraction of sp³-hybridized carbons (Fsp3) is 0.941. The van der Waals surface area contributed by atoms with Crippen LogP contribution in [0, 0.1) is 17.3 Å². The monoisotopic (exact) mass is 297 g/mol. The second-order valence-corrected chi connectivity index (χ2v) is 8.10. The third kappa shape index (κ3) is 3.98. The topological polar surface area (TPSA) is 49.8 Å². The van der Waals surface area contributed by atoms with Crippen molar-refractivity contribution in [3.8, 4) is 0 Å². The van der Waals surface area contributed by atoms with Crippen LogP contribution >= 0.6 is 0 Å². The Morgan fingerprint density at radius 3 is 2.19 bits per heavy atom.